The Hall–Kier alpha value is -1.36. The fourth-order valence-electron chi connectivity index (χ4n) is 3.68. The predicted octanol–water partition coefficient (Wildman–Crippen LogP) is 4.24. The average Bonchev–Trinajstić information content (AvgIpc) is 2.92. The number of hydrogen-bond acceptors (Lipinski definition) is 3. The zero-order valence-electron chi connectivity index (χ0n) is 16.5. The molecule has 0 amide bonds. The first-order chi connectivity index (χ1) is 11.4. The SMILES string of the molecule is Cc1c(I)nn(CCc2c(C#N)nn(C)c2C(C)(C)C)c1C(C)(C)C. The van der Waals surface area contributed by atoms with Crippen LogP contribution in [0.2, 0.25) is 0 Å². The first-order valence-electron chi connectivity index (χ1n) is 8.57. The Morgan fingerprint density at radius 1 is 1.04 bits per heavy atom. The van der Waals surface area contributed by atoms with Crippen molar-refractivity contribution < 1.29 is 0 Å². The minimum absolute atomic E-state index is 0.0281. The molecule has 0 spiro atoms. The van der Waals surface area contributed by atoms with E-state index in [9.17, 15) is 5.26 Å². The van der Waals surface area contributed by atoms with Gasteiger partial charge in [-0.15, -0.1) is 0 Å². The van der Waals surface area contributed by atoms with E-state index in [0.29, 0.717) is 5.69 Å². The second-order valence-corrected chi connectivity index (χ2v) is 9.67. The quantitative estimate of drug-likeness (QED) is 0.654. The molecule has 2 heterocycles. The third-order valence-corrected chi connectivity index (χ3v) is 5.40. The van der Waals surface area contributed by atoms with Crippen molar-refractivity contribution in [2.75, 3.05) is 0 Å². The van der Waals surface area contributed by atoms with Gasteiger partial charge in [0.05, 0.1) is 0 Å². The van der Waals surface area contributed by atoms with E-state index in [-0.39, 0.29) is 10.8 Å². The van der Waals surface area contributed by atoms with Crippen LogP contribution in [-0.4, -0.2) is 19.6 Å². The van der Waals surface area contributed by atoms with Crippen LogP contribution in [0.15, 0.2) is 0 Å². The van der Waals surface area contributed by atoms with E-state index in [2.05, 4.69) is 86.9 Å². The fraction of sp³-hybridized carbons (Fsp3) is 0.632. The van der Waals surface area contributed by atoms with Gasteiger partial charge in [-0.05, 0) is 35.9 Å². The minimum atomic E-state index is -0.0620. The van der Waals surface area contributed by atoms with Crippen LogP contribution in [0.5, 0.6) is 0 Å². The Morgan fingerprint density at radius 3 is 2.08 bits per heavy atom. The average molecular weight is 453 g/mol. The molecule has 6 heteroatoms. The highest BCUT2D eigenvalue weighted by molar-refractivity contribution is 14.1. The standard InChI is InChI=1S/C19H28IN5/c1-12-15(18(2,3)4)25(23-17(12)20)10-9-13-14(11-21)22-24(8)16(13)19(5,6)7/h9-10H2,1-8H3. The second-order valence-electron chi connectivity index (χ2n) is 8.65. The zero-order chi connectivity index (χ0) is 19.2. The first-order valence-corrected chi connectivity index (χ1v) is 9.65. The van der Waals surface area contributed by atoms with Crippen LogP contribution in [0.25, 0.3) is 0 Å². The third kappa shape index (κ3) is 3.91. The molecular formula is C19H28IN5. The van der Waals surface area contributed by atoms with E-state index in [1.165, 1.54) is 11.3 Å². The van der Waals surface area contributed by atoms with Crippen LogP contribution in [0, 0.1) is 22.0 Å². The van der Waals surface area contributed by atoms with Crippen LogP contribution in [0.3, 0.4) is 0 Å². The van der Waals surface area contributed by atoms with Crippen LogP contribution in [0.1, 0.15) is 69.8 Å². The number of hydrogen-bond donors (Lipinski definition) is 0. The highest BCUT2D eigenvalue weighted by Crippen LogP contribution is 2.31. The minimum Gasteiger partial charge on any atom is -0.271 e. The molecule has 0 atom stereocenters. The molecule has 0 saturated heterocycles. The molecule has 2 aromatic rings. The van der Waals surface area contributed by atoms with E-state index in [1.54, 1.807) is 0 Å². The van der Waals surface area contributed by atoms with Gasteiger partial charge in [-0.25, -0.2) is 0 Å². The van der Waals surface area contributed by atoms with Gasteiger partial charge in [-0.3, -0.25) is 9.36 Å². The Bertz CT molecular complexity index is 822. The van der Waals surface area contributed by atoms with Crippen molar-refractivity contribution in [1.29, 1.82) is 5.26 Å². The van der Waals surface area contributed by atoms with Crippen LogP contribution in [-0.2, 0) is 30.8 Å². The van der Waals surface area contributed by atoms with Gasteiger partial charge >= 0.3 is 0 Å². The summed E-state index contributed by atoms with van der Waals surface area (Å²) in [5.41, 5.74) is 5.17. The summed E-state index contributed by atoms with van der Waals surface area (Å²) < 4.78 is 5.01. The lowest BCUT2D eigenvalue weighted by atomic mass is 9.87. The molecule has 0 radical (unpaired) electrons. The van der Waals surface area contributed by atoms with Gasteiger partial charge in [0.25, 0.3) is 0 Å². The number of nitrogens with zero attached hydrogens (tertiary/aromatic N) is 5. The second kappa shape index (κ2) is 6.75. The molecule has 0 aliphatic carbocycles. The van der Waals surface area contributed by atoms with Crippen molar-refractivity contribution in [2.45, 2.75) is 72.3 Å². The van der Waals surface area contributed by atoms with Gasteiger partial charge in [-0.1, -0.05) is 41.5 Å². The van der Waals surface area contributed by atoms with Crippen molar-refractivity contribution in [3.8, 4) is 6.07 Å². The Kier molecular flexibility index (Phi) is 5.39. The maximum atomic E-state index is 9.50. The monoisotopic (exact) mass is 453 g/mol. The molecule has 0 aliphatic rings. The first kappa shape index (κ1) is 20.0. The van der Waals surface area contributed by atoms with E-state index < -0.39 is 0 Å². The highest BCUT2D eigenvalue weighted by Gasteiger charge is 2.28. The predicted molar refractivity (Wildman–Crippen MR) is 109 cm³/mol. The summed E-state index contributed by atoms with van der Waals surface area (Å²) in [5.74, 6) is 0. The summed E-state index contributed by atoms with van der Waals surface area (Å²) in [6, 6.07) is 2.26. The van der Waals surface area contributed by atoms with Gasteiger partial charge in [0, 0.05) is 46.9 Å². The van der Waals surface area contributed by atoms with E-state index in [1.807, 2.05) is 11.7 Å². The van der Waals surface area contributed by atoms with Crippen molar-refractivity contribution >= 4 is 22.6 Å². The molecule has 2 rings (SSSR count). The maximum absolute atomic E-state index is 9.50. The summed E-state index contributed by atoms with van der Waals surface area (Å²) in [6.45, 7) is 16.0. The number of rotatable bonds is 3. The molecule has 136 valence electrons. The Morgan fingerprint density at radius 2 is 1.60 bits per heavy atom. The van der Waals surface area contributed by atoms with E-state index in [0.717, 1.165) is 27.9 Å². The molecule has 0 N–H and O–H groups in total. The molecule has 2 aromatic heterocycles. The lowest BCUT2D eigenvalue weighted by Crippen LogP contribution is -2.22. The Labute approximate surface area is 164 Å². The molecule has 0 saturated carbocycles. The smallest absolute Gasteiger partial charge is 0.166 e. The van der Waals surface area contributed by atoms with Gasteiger partial charge in [0.2, 0.25) is 0 Å². The van der Waals surface area contributed by atoms with E-state index >= 15 is 0 Å². The number of aryl methyl sites for hydroxylation is 2. The van der Waals surface area contributed by atoms with Crippen LogP contribution in [0.4, 0.5) is 0 Å². The normalized spacial score (nSPS) is 12.5. The summed E-state index contributed by atoms with van der Waals surface area (Å²) in [4.78, 5) is 0. The van der Waals surface area contributed by atoms with Gasteiger partial charge in [0.15, 0.2) is 5.69 Å². The molecule has 5 nitrogen and oxygen atoms in total. The van der Waals surface area contributed by atoms with Crippen molar-refractivity contribution in [2.24, 2.45) is 7.05 Å². The lowest BCUT2D eigenvalue weighted by Gasteiger charge is -2.23. The fourth-order valence-corrected chi connectivity index (χ4v) is 4.20. The number of nitriles is 1. The number of halogens is 1. The van der Waals surface area contributed by atoms with Gasteiger partial charge in [0.1, 0.15) is 9.77 Å². The maximum Gasteiger partial charge on any atom is 0.166 e. The summed E-state index contributed by atoms with van der Waals surface area (Å²) in [5, 5.41) is 18.7. The molecule has 0 bridgehead atoms. The van der Waals surface area contributed by atoms with Crippen LogP contribution >= 0.6 is 22.6 Å². The third-order valence-electron chi connectivity index (χ3n) is 4.38. The Balaban J connectivity index is 2.45. The lowest BCUT2D eigenvalue weighted by molar-refractivity contribution is 0.476. The van der Waals surface area contributed by atoms with Crippen molar-refractivity contribution in [1.82, 2.24) is 19.6 Å². The largest absolute Gasteiger partial charge is 0.271 e. The van der Waals surface area contributed by atoms with Gasteiger partial charge < -0.3 is 0 Å². The molecule has 25 heavy (non-hydrogen) atoms. The van der Waals surface area contributed by atoms with Crippen LogP contribution < -0.4 is 0 Å². The zero-order valence-corrected chi connectivity index (χ0v) is 18.7. The van der Waals surface area contributed by atoms with E-state index in [4.69, 9.17) is 5.10 Å². The molecule has 0 unspecified atom stereocenters. The van der Waals surface area contributed by atoms with Crippen molar-refractivity contribution in [3.63, 3.8) is 0 Å². The van der Waals surface area contributed by atoms with Crippen molar-refractivity contribution in [3.05, 3.63) is 31.9 Å². The van der Waals surface area contributed by atoms with Gasteiger partial charge in [-0.2, -0.15) is 15.5 Å². The number of aromatic nitrogens is 4. The summed E-state index contributed by atoms with van der Waals surface area (Å²) in [7, 11) is 1.92. The molecule has 0 aromatic carbocycles. The topological polar surface area (TPSA) is 59.4 Å². The summed E-state index contributed by atoms with van der Waals surface area (Å²) in [6.07, 6.45) is 0.754. The molecule has 0 aliphatic heterocycles. The molecular weight excluding hydrogens is 425 g/mol. The highest BCUT2D eigenvalue weighted by atomic mass is 127. The molecule has 0 fully saturated rings. The summed E-state index contributed by atoms with van der Waals surface area (Å²) >= 11 is 2.30.